The lowest BCUT2D eigenvalue weighted by Crippen LogP contribution is -2.64. The van der Waals surface area contributed by atoms with Crippen LogP contribution in [0.2, 0.25) is 0 Å². The van der Waals surface area contributed by atoms with Crippen molar-refractivity contribution in [2.45, 2.75) is 37.6 Å². The minimum Gasteiger partial charge on any atom is -0.394 e. The minimum absolute atomic E-state index is 0.308. The van der Waals surface area contributed by atoms with E-state index in [1.54, 1.807) is 13.0 Å². The molecule has 5 N–H and O–H groups in total. The number of rotatable bonds is 3. The van der Waals surface area contributed by atoms with Crippen LogP contribution in [-0.4, -0.2) is 63.6 Å². The largest absolute Gasteiger partial charge is 0.394 e. The molecule has 0 aromatic heterocycles. The van der Waals surface area contributed by atoms with Crippen molar-refractivity contribution >= 4 is 5.91 Å². The monoisotopic (exact) mass is 259 g/mol. The van der Waals surface area contributed by atoms with Gasteiger partial charge in [0.05, 0.1) is 12.5 Å². The molecule has 2 aliphatic rings. The van der Waals surface area contributed by atoms with Crippen molar-refractivity contribution in [2.75, 3.05) is 6.61 Å². The second-order valence-electron chi connectivity index (χ2n) is 4.65. The van der Waals surface area contributed by atoms with E-state index in [0.29, 0.717) is 0 Å². The zero-order valence-corrected chi connectivity index (χ0v) is 9.85. The molecule has 2 rings (SSSR count). The van der Waals surface area contributed by atoms with E-state index in [1.807, 2.05) is 0 Å². The van der Waals surface area contributed by atoms with E-state index in [4.69, 9.17) is 9.84 Å². The van der Waals surface area contributed by atoms with Crippen LogP contribution in [-0.2, 0) is 9.53 Å². The predicted octanol–water partition coefficient (Wildman–Crippen LogP) is -2.52. The summed E-state index contributed by atoms with van der Waals surface area (Å²) in [6.07, 6.45) is -3.55. The van der Waals surface area contributed by atoms with Crippen LogP contribution in [0, 0.1) is 5.92 Å². The highest BCUT2D eigenvalue weighted by Gasteiger charge is 2.45. The third-order valence-corrected chi connectivity index (χ3v) is 3.30. The Labute approximate surface area is 104 Å². The summed E-state index contributed by atoms with van der Waals surface area (Å²) in [5.74, 6) is -0.661. The molecule has 7 heteroatoms. The van der Waals surface area contributed by atoms with Crippen LogP contribution in [0.5, 0.6) is 0 Å². The van der Waals surface area contributed by atoms with Crippen LogP contribution in [0.15, 0.2) is 11.6 Å². The molecule has 1 amide bonds. The molecule has 18 heavy (non-hydrogen) atoms. The average Bonchev–Trinajstić information content (AvgIpc) is 3.06. The summed E-state index contributed by atoms with van der Waals surface area (Å²) in [5.41, 5.74) is 0.919. The van der Waals surface area contributed by atoms with Crippen LogP contribution in [0.25, 0.3) is 0 Å². The van der Waals surface area contributed by atoms with Gasteiger partial charge < -0.3 is 30.5 Å². The number of aliphatic hydroxyl groups is 4. The number of ether oxygens (including phenoxy) is 1. The number of hydrogen-bond donors (Lipinski definition) is 5. The molecule has 0 aromatic rings. The van der Waals surface area contributed by atoms with Crippen molar-refractivity contribution in [3.63, 3.8) is 0 Å². The maximum absolute atomic E-state index is 11.7. The normalized spacial score (nSPS) is 43.3. The molecular weight excluding hydrogens is 242 g/mol. The molecule has 6 atom stereocenters. The molecule has 0 bridgehead atoms. The van der Waals surface area contributed by atoms with Gasteiger partial charge in [0.15, 0.2) is 6.29 Å². The second-order valence-corrected chi connectivity index (χ2v) is 4.65. The number of carbonyl (C=O) groups excluding carboxylic acids is 1. The maximum atomic E-state index is 11.7. The number of amides is 1. The lowest BCUT2D eigenvalue weighted by atomic mass is 9.97. The van der Waals surface area contributed by atoms with Gasteiger partial charge in [0, 0.05) is 0 Å². The first kappa shape index (κ1) is 13.4. The molecular formula is C11H17NO6. The third-order valence-electron chi connectivity index (χ3n) is 3.30. The Kier molecular flexibility index (Phi) is 3.69. The van der Waals surface area contributed by atoms with E-state index < -0.39 is 37.3 Å². The molecule has 1 saturated heterocycles. The van der Waals surface area contributed by atoms with Crippen molar-refractivity contribution in [3.05, 3.63) is 11.6 Å². The molecule has 0 aromatic carbocycles. The summed E-state index contributed by atoms with van der Waals surface area (Å²) in [6, 6.07) is -1.11. The zero-order valence-electron chi connectivity index (χ0n) is 9.85. The van der Waals surface area contributed by atoms with E-state index in [0.717, 1.165) is 5.57 Å². The fourth-order valence-electron chi connectivity index (χ4n) is 2.00. The molecule has 7 nitrogen and oxygen atoms in total. The number of aliphatic hydroxyl groups excluding tert-OH is 4. The summed E-state index contributed by atoms with van der Waals surface area (Å²) in [4.78, 5) is 11.7. The SMILES string of the molecule is CC1=CC1C(=O)NC1[C@H](O)OC(CO)[C@@H](O)[C@@H]1O. The van der Waals surface area contributed by atoms with E-state index in [9.17, 15) is 20.1 Å². The van der Waals surface area contributed by atoms with Crippen LogP contribution >= 0.6 is 0 Å². The van der Waals surface area contributed by atoms with Crippen molar-refractivity contribution < 1.29 is 30.0 Å². The highest BCUT2D eigenvalue weighted by Crippen LogP contribution is 2.28. The van der Waals surface area contributed by atoms with Gasteiger partial charge in [-0.2, -0.15) is 0 Å². The van der Waals surface area contributed by atoms with Crippen LogP contribution in [0.1, 0.15) is 6.92 Å². The van der Waals surface area contributed by atoms with Gasteiger partial charge >= 0.3 is 0 Å². The van der Waals surface area contributed by atoms with E-state index in [2.05, 4.69) is 5.32 Å². The molecule has 1 aliphatic carbocycles. The number of hydrogen-bond acceptors (Lipinski definition) is 6. The molecule has 1 aliphatic heterocycles. The Morgan fingerprint density at radius 2 is 2.00 bits per heavy atom. The van der Waals surface area contributed by atoms with Crippen molar-refractivity contribution in [2.24, 2.45) is 5.92 Å². The topological polar surface area (TPSA) is 119 Å². The molecule has 3 unspecified atom stereocenters. The first-order chi connectivity index (χ1) is 8.45. The molecule has 0 spiro atoms. The second kappa shape index (κ2) is 4.94. The van der Waals surface area contributed by atoms with Crippen molar-refractivity contribution in [3.8, 4) is 0 Å². The maximum Gasteiger partial charge on any atom is 0.231 e. The minimum atomic E-state index is -1.47. The summed E-state index contributed by atoms with van der Waals surface area (Å²) in [7, 11) is 0. The highest BCUT2D eigenvalue weighted by atomic mass is 16.6. The van der Waals surface area contributed by atoms with Gasteiger partial charge in [-0.25, -0.2) is 0 Å². The Hall–Kier alpha value is -0.990. The summed E-state index contributed by atoms with van der Waals surface area (Å²) in [6.45, 7) is 1.27. The lowest BCUT2D eigenvalue weighted by Gasteiger charge is -2.40. The van der Waals surface area contributed by atoms with Gasteiger partial charge in [0.1, 0.15) is 24.4 Å². The van der Waals surface area contributed by atoms with Gasteiger partial charge in [0.25, 0.3) is 0 Å². The van der Waals surface area contributed by atoms with Gasteiger partial charge in [-0.3, -0.25) is 4.79 Å². The van der Waals surface area contributed by atoms with Crippen LogP contribution < -0.4 is 5.32 Å². The average molecular weight is 259 g/mol. The summed E-state index contributed by atoms with van der Waals surface area (Å²) in [5, 5.41) is 40.4. The first-order valence-corrected chi connectivity index (χ1v) is 5.75. The van der Waals surface area contributed by atoms with E-state index >= 15 is 0 Å². The van der Waals surface area contributed by atoms with E-state index in [1.165, 1.54) is 0 Å². The third kappa shape index (κ3) is 2.40. The summed E-state index contributed by atoms with van der Waals surface area (Å²) >= 11 is 0. The Morgan fingerprint density at radius 1 is 1.39 bits per heavy atom. The van der Waals surface area contributed by atoms with Gasteiger partial charge in [-0.15, -0.1) is 0 Å². The lowest BCUT2D eigenvalue weighted by molar-refractivity contribution is -0.253. The number of nitrogens with one attached hydrogen (secondary N) is 1. The van der Waals surface area contributed by atoms with Gasteiger partial charge in [-0.05, 0) is 6.92 Å². The van der Waals surface area contributed by atoms with Crippen LogP contribution in [0.3, 0.4) is 0 Å². The van der Waals surface area contributed by atoms with E-state index in [-0.39, 0.29) is 11.8 Å². The standard InChI is InChI=1S/C11H17NO6/c1-4-2-5(4)10(16)12-7-9(15)8(14)6(3-13)18-11(7)17/h2,5-9,11,13-15,17H,3H2,1H3,(H,12,16)/t5?,6?,7?,8-,9-,11-/m1/s1. The Balaban J connectivity index is 1.97. The Bertz CT molecular complexity index is 371. The molecule has 0 saturated carbocycles. The quantitative estimate of drug-likeness (QED) is 0.357. The molecule has 1 heterocycles. The zero-order chi connectivity index (χ0) is 13.4. The van der Waals surface area contributed by atoms with Gasteiger partial charge in [-0.1, -0.05) is 11.6 Å². The smallest absolute Gasteiger partial charge is 0.231 e. The Morgan fingerprint density at radius 3 is 2.50 bits per heavy atom. The van der Waals surface area contributed by atoms with Crippen LogP contribution in [0.4, 0.5) is 0 Å². The number of carbonyl (C=O) groups is 1. The molecule has 0 radical (unpaired) electrons. The summed E-state index contributed by atoms with van der Waals surface area (Å²) < 4.78 is 4.92. The fourth-order valence-corrected chi connectivity index (χ4v) is 2.00. The highest BCUT2D eigenvalue weighted by molar-refractivity contribution is 5.88. The van der Waals surface area contributed by atoms with Gasteiger partial charge in [0.2, 0.25) is 5.91 Å². The molecule has 1 fully saturated rings. The fraction of sp³-hybridized carbons (Fsp3) is 0.727. The van der Waals surface area contributed by atoms with Crippen molar-refractivity contribution in [1.29, 1.82) is 0 Å². The van der Waals surface area contributed by atoms with Crippen molar-refractivity contribution in [1.82, 2.24) is 5.32 Å². The molecule has 102 valence electrons. The first-order valence-electron chi connectivity index (χ1n) is 5.75. The predicted molar refractivity (Wildman–Crippen MR) is 59.2 cm³/mol.